The zero-order valence-corrected chi connectivity index (χ0v) is 11.8. The minimum atomic E-state index is -0.501. The summed E-state index contributed by atoms with van der Waals surface area (Å²) in [5, 5.41) is 5.68. The quantitative estimate of drug-likeness (QED) is 0.696. The molecule has 1 rings (SSSR count). The smallest absolute Gasteiger partial charge is 0.242 e. The van der Waals surface area contributed by atoms with Gasteiger partial charge in [-0.05, 0) is 25.5 Å². The van der Waals surface area contributed by atoms with E-state index in [0.717, 1.165) is 6.42 Å². The van der Waals surface area contributed by atoms with Crippen LogP contribution in [-0.4, -0.2) is 23.5 Å². The van der Waals surface area contributed by atoms with Crippen molar-refractivity contribution in [3.63, 3.8) is 0 Å². The maximum Gasteiger partial charge on any atom is 0.242 e. The Labute approximate surface area is 117 Å². The van der Waals surface area contributed by atoms with E-state index in [1.54, 1.807) is 13.0 Å². The van der Waals surface area contributed by atoms with E-state index in [0.29, 0.717) is 12.2 Å². The molecule has 0 aliphatic rings. The molecule has 0 spiro atoms. The SMILES string of the molecule is CCCNC(=O)C(C)Nc1cccc(F)c1C(N)=S. The molecular weight excluding hydrogens is 265 g/mol. The lowest BCUT2D eigenvalue weighted by atomic mass is 10.1. The van der Waals surface area contributed by atoms with Gasteiger partial charge in [0.2, 0.25) is 5.91 Å². The molecule has 0 fully saturated rings. The van der Waals surface area contributed by atoms with Crippen LogP contribution in [0.2, 0.25) is 0 Å². The molecule has 0 saturated heterocycles. The van der Waals surface area contributed by atoms with Crippen LogP contribution in [0, 0.1) is 5.82 Å². The second-order valence-electron chi connectivity index (χ2n) is 4.18. The van der Waals surface area contributed by atoms with Crippen molar-refractivity contribution in [2.24, 2.45) is 5.73 Å². The average molecular weight is 283 g/mol. The second-order valence-corrected chi connectivity index (χ2v) is 4.62. The fraction of sp³-hybridized carbons (Fsp3) is 0.385. The molecule has 0 aliphatic heterocycles. The molecule has 1 unspecified atom stereocenters. The minimum absolute atomic E-state index is 0.0400. The Bertz CT molecular complexity index is 479. The number of hydrogen-bond donors (Lipinski definition) is 3. The summed E-state index contributed by atoms with van der Waals surface area (Å²) in [6.07, 6.45) is 0.858. The van der Waals surface area contributed by atoms with Crippen molar-refractivity contribution < 1.29 is 9.18 Å². The van der Waals surface area contributed by atoms with Crippen molar-refractivity contribution in [3.05, 3.63) is 29.6 Å². The van der Waals surface area contributed by atoms with Gasteiger partial charge in [-0.2, -0.15) is 0 Å². The minimum Gasteiger partial charge on any atom is -0.389 e. The second kappa shape index (κ2) is 7.04. The predicted octanol–water partition coefficient (Wildman–Crippen LogP) is 1.79. The van der Waals surface area contributed by atoms with Gasteiger partial charge in [-0.1, -0.05) is 25.2 Å². The summed E-state index contributed by atoms with van der Waals surface area (Å²) in [5.74, 6) is -0.654. The Morgan fingerprint density at radius 2 is 2.21 bits per heavy atom. The molecule has 1 atom stereocenters. The molecule has 104 valence electrons. The third-order valence-electron chi connectivity index (χ3n) is 2.57. The van der Waals surface area contributed by atoms with Gasteiger partial charge in [0.05, 0.1) is 5.56 Å². The van der Waals surface area contributed by atoms with Gasteiger partial charge < -0.3 is 16.4 Å². The molecular formula is C13H18FN3OS. The summed E-state index contributed by atoms with van der Waals surface area (Å²) < 4.78 is 13.6. The fourth-order valence-corrected chi connectivity index (χ4v) is 1.80. The predicted molar refractivity (Wildman–Crippen MR) is 78.7 cm³/mol. The number of thiocarbonyl (C=S) groups is 1. The summed E-state index contributed by atoms with van der Waals surface area (Å²) in [6.45, 7) is 4.27. The highest BCUT2D eigenvalue weighted by atomic mass is 32.1. The number of carbonyl (C=O) groups is 1. The monoisotopic (exact) mass is 283 g/mol. The Hall–Kier alpha value is -1.69. The van der Waals surface area contributed by atoms with Crippen LogP contribution in [0.15, 0.2) is 18.2 Å². The van der Waals surface area contributed by atoms with Crippen molar-refractivity contribution in [2.75, 3.05) is 11.9 Å². The molecule has 0 heterocycles. The Morgan fingerprint density at radius 1 is 1.53 bits per heavy atom. The molecule has 19 heavy (non-hydrogen) atoms. The normalized spacial score (nSPS) is 11.7. The van der Waals surface area contributed by atoms with Crippen molar-refractivity contribution in [3.8, 4) is 0 Å². The van der Waals surface area contributed by atoms with Crippen molar-refractivity contribution >= 4 is 28.8 Å². The summed E-state index contributed by atoms with van der Waals surface area (Å²) in [7, 11) is 0. The average Bonchev–Trinajstić information content (AvgIpc) is 2.35. The summed E-state index contributed by atoms with van der Waals surface area (Å²) >= 11 is 4.82. The number of halogens is 1. The van der Waals surface area contributed by atoms with Crippen LogP contribution in [0.4, 0.5) is 10.1 Å². The Morgan fingerprint density at radius 3 is 2.79 bits per heavy atom. The van der Waals surface area contributed by atoms with Crippen LogP contribution in [0.25, 0.3) is 0 Å². The zero-order valence-electron chi connectivity index (χ0n) is 11.0. The van der Waals surface area contributed by atoms with Gasteiger partial charge in [-0.25, -0.2) is 4.39 Å². The number of rotatable bonds is 6. The van der Waals surface area contributed by atoms with Gasteiger partial charge in [0.1, 0.15) is 16.8 Å². The van der Waals surface area contributed by atoms with E-state index in [9.17, 15) is 9.18 Å². The molecule has 1 aromatic rings. The lowest BCUT2D eigenvalue weighted by Crippen LogP contribution is -2.38. The molecule has 0 aliphatic carbocycles. The molecule has 0 bridgehead atoms. The summed E-state index contributed by atoms with van der Waals surface area (Å²) in [6, 6.07) is 3.96. The van der Waals surface area contributed by atoms with E-state index < -0.39 is 11.9 Å². The molecule has 0 saturated carbocycles. The fourth-order valence-electron chi connectivity index (χ4n) is 1.59. The van der Waals surface area contributed by atoms with Gasteiger partial charge in [-0.15, -0.1) is 0 Å². The third-order valence-corrected chi connectivity index (χ3v) is 2.78. The molecule has 0 aromatic heterocycles. The van der Waals surface area contributed by atoms with E-state index in [2.05, 4.69) is 10.6 Å². The summed E-state index contributed by atoms with van der Waals surface area (Å²) in [5.41, 5.74) is 6.05. The molecule has 4 nitrogen and oxygen atoms in total. The number of hydrogen-bond acceptors (Lipinski definition) is 3. The van der Waals surface area contributed by atoms with Gasteiger partial charge >= 0.3 is 0 Å². The lowest BCUT2D eigenvalue weighted by molar-refractivity contribution is -0.121. The zero-order chi connectivity index (χ0) is 14.4. The first-order chi connectivity index (χ1) is 8.97. The van der Waals surface area contributed by atoms with Crippen LogP contribution >= 0.6 is 12.2 Å². The van der Waals surface area contributed by atoms with Crippen molar-refractivity contribution in [1.82, 2.24) is 5.32 Å². The number of benzene rings is 1. The largest absolute Gasteiger partial charge is 0.389 e. The summed E-state index contributed by atoms with van der Waals surface area (Å²) in [4.78, 5) is 11.7. The third kappa shape index (κ3) is 4.17. The van der Waals surface area contributed by atoms with E-state index >= 15 is 0 Å². The van der Waals surface area contributed by atoms with Gasteiger partial charge in [0, 0.05) is 12.2 Å². The highest BCUT2D eigenvalue weighted by Crippen LogP contribution is 2.19. The standard InChI is InChI=1S/C13H18FN3OS/c1-3-7-16-13(18)8(2)17-10-6-4-5-9(14)11(10)12(15)19/h4-6,8,17H,3,7H2,1-2H3,(H2,15,19)(H,16,18). The first-order valence-electron chi connectivity index (χ1n) is 6.10. The maximum atomic E-state index is 13.6. The molecule has 4 N–H and O–H groups in total. The van der Waals surface area contributed by atoms with Crippen LogP contribution in [0.1, 0.15) is 25.8 Å². The van der Waals surface area contributed by atoms with E-state index in [1.165, 1.54) is 12.1 Å². The van der Waals surface area contributed by atoms with Crippen LogP contribution in [0.5, 0.6) is 0 Å². The molecule has 6 heteroatoms. The molecule has 0 radical (unpaired) electrons. The van der Waals surface area contributed by atoms with Crippen LogP contribution in [-0.2, 0) is 4.79 Å². The number of carbonyl (C=O) groups excluding carboxylic acids is 1. The number of anilines is 1. The number of nitrogens with two attached hydrogens (primary N) is 1. The lowest BCUT2D eigenvalue weighted by Gasteiger charge is -2.17. The topological polar surface area (TPSA) is 67.2 Å². The number of nitrogens with one attached hydrogen (secondary N) is 2. The Balaban J connectivity index is 2.85. The van der Waals surface area contributed by atoms with Crippen LogP contribution in [0.3, 0.4) is 0 Å². The maximum absolute atomic E-state index is 13.6. The van der Waals surface area contributed by atoms with Crippen molar-refractivity contribution in [1.29, 1.82) is 0 Å². The van der Waals surface area contributed by atoms with Gasteiger partial charge in [-0.3, -0.25) is 4.79 Å². The first-order valence-corrected chi connectivity index (χ1v) is 6.50. The first kappa shape index (κ1) is 15.4. The number of amides is 1. The molecule has 1 aromatic carbocycles. The highest BCUT2D eigenvalue weighted by Gasteiger charge is 2.16. The molecule has 1 amide bonds. The van der Waals surface area contributed by atoms with Gasteiger partial charge in [0.25, 0.3) is 0 Å². The van der Waals surface area contributed by atoms with Crippen molar-refractivity contribution in [2.45, 2.75) is 26.3 Å². The van der Waals surface area contributed by atoms with Gasteiger partial charge in [0.15, 0.2) is 0 Å². The Kier molecular flexibility index (Phi) is 5.69. The van der Waals surface area contributed by atoms with E-state index in [-0.39, 0.29) is 16.5 Å². The van der Waals surface area contributed by atoms with E-state index in [1.807, 2.05) is 6.92 Å². The van der Waals surface area contributed by atoms with E-state index in [4.69, 9.17) is 18.0 Å². The van der Waals surface area contributed by atoms with Crippen LogP contribution < -0.4 is 16.4 Å². The highest BCUT2D eigenvalue weighted by molar-refractivity contribution is 7.80.